The average molecular weight is 1350 g/mol. The van der Waals surface area contributed by atoms with Crippen molar-refractivity contribution in [2.45, 2.75) is 254 Å². The largest absolute Gasteiger partial charge is 0.477 e. The molecule has 0 aliphatic carbocycles. The zero-order valence-corrected chi connectivity index (χ0v) is 49.5. The van der Waals surface area contributed by atoms with Gasteiger partial charge >= 0.3 is 5.97 Å². The summed E-state index contributed by atoms with van der Waals surface area (Å²) >= 11 is 0. The molecule has 7 aliphatic rings. The van der Waals surface area contributed by atoms with Gasteiger partial charge in [0, 0.05) is 27.2 Å². The minimum atomic E-state index is -3.20. The number of carbonyl (C=O) groups is 4. The molecular weight excluding hydrogens is 1260 g/mol. The number of aliphatic hydroxyl groups is 20. The second kappa shape index (κ2) is 32.3. The summed E-state index contributed by atoms with van der Waals surface area (Å²) in [5.41, 5.74) is 0. The lowest BCUT2D eigenvalue weighted by molar-refractivity contribution is -0.389. The molecule has 41 nitrogen and oxygen atoms in total. The minimum absolute atomic E-state index is 0.829. The summed E-state index contributed by atoms with van der Waals surface area (Å²) in [6.07, 6.45) is -64.4. The average Bonchev–Trinajstić information content (AvgIpc) is 0.763. The van der Waals surface area contributed by atoms with Crippen molar-refractivity contribution >= 4 is 23.7 Å². The van der Waals surface area contributed by atoms with E-state index in [0.29, 0.717) is 0 Å². The van der Waals surface area contributed by atoms with Crippen molar-refractivity contribution < 1.29 is 188 Å². The van der Waals surface area contributed by atoms with Gasteiger partial charge in [0.25, 0.3) is 5.79 Å². The molecule has 0 bridgehead atoms. The fraction of sp³-hybridized carbons (Fsp3) is 0.922. The van der Waals surface area contributed by atoms with E-state index in [0.717, 1.165) is 20.8 Å². The first-order valence-electron chi connectivity index (χ1n) is 29.1. The van der Waals surface area contributed by atoms with Gasteiger partial charge in [-0.15, -0.1) is 0 Å². The summed E-state index contributed by atoms with van der Waals surface area (Å²) in [4.78, 5) is 50.3. The third kappa shape index (κ3) is 16.4. The maximum Gasteiger partial charge on any atom is 0.364 e. The topological polar surface area (TPSA) is 649 Å². The fourth-order valence-electron chi connectivity index (χ4n) is 11.7. The minimum Gasteiger partial charge on any atom is -0.477 e. The van der Waals surface area contributed by atoms with Crippen LogP contribution in [0.3, 0.4) is 0 Å². The van der Waals surface area contributed by atoms with E-state index in [1.807, 2.05) is 0 Å². The molecule has 36 atom stereocenters. The summed E-state index contributed by atoms with van der Waals surface area (Å²) in [6.45, 7) is -2.06. The lowest BCUT2D eigenvalue weighted by Gasteiger charge is -2.51. The number of nitrogens with one attached hydrogen (secondary N) is 3. The molecule has 532 valence electrons. The summed E-state index contributed by atoms with van der Waals surface area (Å²) in [5.74, 6) is -7.86. The number of amides is 3. The predicted molar refractivity (Wildman–Crippen MR) is 282 cm³/mol. The van der Waals surface area contributed by atoms with Gasteiger partial charge in [-0.3, -0.25) is 14.4 Å². The molecule has 24 N–H and O–H groups in total. The molecule has 0 saturated carbocycles. The van der Waals surface area contributed by atoms with Gasteiger partial charge in [0.1, 0.15) is 159 Å². The normalized spacial score (nSPS) is 47.6. The van der Waals surface area contributed by atoms with Crippen LogP contribution in [0, 0.1) is 0 Å². The number of hydrogen-bond acceptors (Lipinski definition) is 37. The number of rotatable bonds is 24. The van der Waals surface area contributed by atoms with Crippen LogP contribution in [0.1, 0.15) is 34.1 Å². The van der Waals surface area contributed by atoms with Crippen LogP contribution in [-0.4, -0.2) is 391 Å². The summed E-state index contributed by atoms with van der Waals surface area (Å²) in [7, 11) is 0. The number of carboxylic acids is 1. The lowest BCUT2D eigenvalue weighted by Crippen LogP contribution is -2.71. The van der Waals surface area contributed by atoms with Crippen LogP contribution in [0.15, 0.2) is 0 Å². The highest BCUT2D eigenvalue weighted by Gasteiger charge is 2.62. The first-order chi connectivity index (χ1) is 43.3. The highest BCUT2D eigenvalue weighted by molar-refractivity contribution is 5.77. The Morgan fingerprint density at radius 1 is 0.467 bits per heavy atom. The molecule has 7 fully saturated rings. The zero-order valence-electron chi connectivity index (χ0n) is 49.5. The highest BCUT2D eigenvalue weighted by Crippen LogP contribution is 2.40. The van der Waals surface area contributed by atoms with Crippen LogP contribution in [0.4, 0.5) is 0 Å². The van der Waals surface area contributed by atoms with E-state index >= 15 is 0 Å². The molecule has 0 aromatic heterocycles. The van der Waals surface area contributed by atoms with Crippen molar-refractivity contribution in [3.05, 3.63) is 0 Å². The van der Waals surface area contributed by atoms with E-state index in [-0.39, 0.29) is 0 Å². The molecule has 7 aliphatic heterocycles. The standard InChI is InChI=1S/C51H85N3O38/c1-12-26(65)33(72)36(75)47(81-12)90-43-35(74)28(67)18(7-56)84-49(43)88-39-21(10-59)86-46(25(32(39)71)54-15(4)62)89-42-34(73)29(68)22(82-44(42)77)11-80-45-24(53-14(3)61)31(70)38(20(9-58)85-45)87-48-37(76)41(30(69)19(8-57)83-48)92-51(50(78)79)5-16(63)23(52-13(2)60)40(91-51)27(66)17(64)6-55/h12,16-49,55-59,63-77H,5-11H2,1-4H3,(H,52,60)(H,53,61)(H,54,62)(H,78,79)/t12-,16-,17+,18+,19+,20+,21+,22+,23+,24+,25+,26+,27+,28-,29+,30-,31+,32+,33+,34-,35-,36-,37+,38+,39+,40+,41-,42-,43+,44-,45+,46-,47-,48-,49-,51-/m0/s1. The van der Waals surface area contributed by atoms with Gasteiger partial charge in [-0.05, 0) is 6.92 Å². The second-order valence-corrected chi connectivity index (χ2v) is 23.2. The van der Waals surface area contributed by atoms with Gasteiger partial charge < -0.3 is 185 Å². The molecule has 7 saturated heterocycles. The Bertz CT molecular complexity index is 2400. The first kappa shape index (κ1) is 75.9. The number of carboxylic acid groups (broad SMARTS) is 1. The van der Waals surface area contributed by atoms with Crippen LogP contribution in [0.25, 0.3) is 0 Å². The van der Waals surface area contributed by atoms with E-state index in [2.05, 4.69) is 16.0 Å². The van der Waals surface area contributed by atoms with Crippen molar-refractivity contribution in [2.75, 3.05) is 39.6 Å². The Morgan fingerprint density at radius 2 is 0.924 bits per heavy atom. The first-order valence-corrected chi connectivity index (χ1v) is 29.1. The molecule has 0 radical (unpaired) electrons. The molecular formula is C51H85N3O38. The van der Waals surface area contributed by atoms with Crippen molar-refractivity contribution in [3.8, 4) is 0 Å². The Morgan fingerprint density at radius 3 is 1.47 bits per heavy atom. The summed E-state index contributed by atoms with van der Waals surface area (Å²) in [5, 5.41) is 235. The maximum absolute atomic E-state index is 13.0. The molecule has 7 rings (SSSR count). The zero-order chi connectivity index (χ0) is 68.3. The molecule has 7 heterocycles. The van der Waals surface area contributed by atoms with E-state index in [9.17, 15) is 126 Å². The number of ether oxygens (including phenoxy) is 13. The fourth-order valence-corrected chi connectivity index (χ4v) is 11.7. The maximum atomic E-state index is 13.0. The van der Waals surface area contributed by atoms with Crippen LogP contribution >= 0.6 is 0 Å². The molecule has 0 aromatic carbocycles. The lowest BCUT2D eigenvalue weighted by atomic mass is 9.88. The third-order valence-electron chi connectivity index (χ3n) is 16.7. The monoisotopic (exact) mass is 1350 g/mol. The Balaban J connectivity index is 1.03. The van der Waals surface area contributed by atoms with E-state index in [4.69, 9.17) is 61.6 Å². The second-order valence-electron chi connectivity index (χ2n) is 23.2. The van der Waals surface area contributed by atoms with Gasteiger partial charge in [0.2, 0.25) is 17.7 Å². The van der Waals surface area contributed by atoms with Gasteiger partial charge in [-0.25, -0.2) is 4.79 Å². The van der Waals surface area contributed by atoms with Gasteiger partial charge in [-0.1, -0.05) is 0 Å². The Labute approximate surface area is 520 Å². The van der Waals surface area contributed by atoms with Gasteiger partial charge in [-0.2, -0.15) is 0 Å². The summed E-state index contributed by atoms with van der Waals surface area (Å²) in [6, 6.07) is -5.26. The van der Waals surface area contributed by atoms with Crippen molar-refractivity contribution in [1.82, 2.24) is 16.0 Å². The summed E-state index contributed by atoms with van der Waals surface area (Å²) < 4.78 is 74.5. The van der Waals surface area contributed by atoms with Crippen LogP contribution < -0.4 is 16.0 Å². The SMILES string of the molecule is CC(=O)N[C@H]1[C@H](OC[C@H]2O[C@H](O)[C@@H](O[C@@H]3O[C@H](CO)[C@@H](O[C@@H]4O[C@H](CO)[C@H](O)[C@H](O)[C@H]4O[C@@H]4O[C@@H](C)[C@@H](O)[C@@H](O)[C@@H]4O)[C@H](O)[C@H]3NC(C)=O)[C@@H](O)[C@@H]2O)O[C@H](CO)[C@@H](O[C@@H]2O[C@H](CO)[C@H](O)[C@H](O[C@]3(C(=O)O)C[C@H](O)[C@@H](NC(C)=O)[C@H]([C@H](O)[C@H](O)CO)O3)[C@H]2O)[C@@H]1O. The van der Waals surface area contributed by atoms with Crippen LogP contribution in [0.5, 0.6) is 0 Å². The van der Waals surface area contributed by atoms with Crippen molar-refractivity contribution in [1.29, 1.82) is 0 Å². The van der Waals surface area contributed by atoms with E-state index in [1.165, 1.54) is 6.92 Å². The number of aliphatic hydroxyl groups excluding tert-OH is 20. The molecule has 0 unspecified atom stereocenters. The van der Waals surface area contributed by atoms with Crippen molar-refractivity contribution in [3.63, 3.8) is 0 Å². The smallest absolute Gasteiger partial charge is 0.364 e. The molecule has 92 heavy (non-hydrogen) atoms. The van der Waals surface area contributed by atoms with Crippen LogP contribution in [0.2, 0.25) is 0 Å². The molecule has 3 amide bonds. The third-order valence-corrected chi connectivity index (χ3v) is 16.7. The van der Waals surface area contributed by atoms with E-state index in [1.54, 1.807) is 0 Å². The highest BCUT2D eigenvalue weighted by atomic mass is 16.8. The van der Waals surface area contributed by atoms with Gasteiger partial charge in [0.15, 0.2) is 37.7 Å². The number of hydrogen-bond donors (Lipinski definition) is 24. The van der Waals surface area contributed by atoms with Crippen molar-refractivity contribution in [2.24, 2.45) is 0 Å². The Hall–Kier alpha value is -3.44. The molecule has 0 aromatic rings. The number of aliphatic carboxylic acids is 1. The molecule has 0 spiro atoms. The Kier molecular flexibility index (Phi) is 26.6. The quantitative estimate of drug-likeness (QED) is 0.0427. The molecule has 41 heteroatoms. The number of carbonyl (C=O) groups excluding carboxylic acids is 3. The van der Waals surface area contributed by atoms with Gasteiger partial charge in [0.05, 0.1) is 57.9 Å². The van der Waals surface area contributed by atoms with E-state index < -0.39 is 290 Å². The predicted octanol–water partition coefficient (Wildman–Crippen LogP) is -15.6. The van der Waals surface area contributed by atoms with Crippen LogP contribution in [-0.2, 0) is 80.8 Å².